The number of rotatable bonds is 9. The van der Waals surface area contributed by atoms with Crippen LogP contribution in [0.15, 0.2) is 12.2 Å². The summed E-state index contributed by atoms with van der Waals surface area (Å²) in [4.78, 5) is 22.4. The van der Waals surface area contributed by atoms with Crippen LogP contribution in [0.3, 0.4) is 0 Å². The predicted octanol–water partition coefficient (Wildman–Crippen LogP) is 0.552. The van der Waals surface area contributed by atoms with E-state index in [-0.39, 0.29) is 13.2 Å². The first-order valence-electron chi connectivity index (χ1n) is 5.63. The molecule has 104 valence electrons. The van der Waals surface area contributed by atoms with Crippen LogP contribution in [0.2, 0.25) is 6.04 Å². The van der Waals surface area contributed by atoms with Crippen LogP contribution in [0.5, 0.6) is 0 Å². The Kier molecular flexibility index (Phi) is 9.16. The lowest BCUT2D eigenvalue weighted by molar-refractivity contribution is -0.140. The topological polar surface area (TPSA) is 71.1 Å². The van der Waals surface area contributed by atoms with E-state index < -0.39 is 21.2 Å². The first kappa shape index (κ1) is 16.8. The summed E-state index contributed by atoms with van der Waals surface area (Å²) in [6, 6.07) is 0.396. The lowest BCUT2D eigenvalue weighted by Gasteiger charge is -2.14. The summed E-state index contributed by atoms with van der Waals surface area (Å²) in [7, 11) is -0.676. The maximum Gasteiger partial charge on any atom is 0.388 e. The Morgan fingerprint density at radius 2 is 2.00 bits per heavy atom. The zero-order chi connectivity index (χ0) is 14.0. The van der Waals surface area contributed by atoms with Crippen LogP contribution in [0, 0.1) is 0 Å². The summed E-state index contributed by atoms with van der Waals surface area (Å²) in [6.45, 7) is 7.32. The summed E-state index contributed by atoms with van der Waals surface area (Å²) < 4.78 is 20.0. The van der Waals surface area contributed by atoms with Gasteiger partial charge in [-0.15, -0.1) is 0 Å². The first-order valence-corrected chi connectivity index (χ1v) is 7.39. The largest absolute Gasteiger partial charge is 0.495 e. The van der Waals surface area contributed by atoms with E-state index in [0.717, 1.165) is 0 Å². The molecule has 0 aromatic rings. The lowest BCUT2D eigenvalue weighted by Crippen LogP contribution is -2.29. The molecule has 0 amide bonds. The molecule has 0 aliphatic heterocycles. The van der Waals surface area contributed by atoms with Crippen molar-refractivity contribution in [3.8, 4) is 0 Å². The fourth-order valence-corrected chi connectivity index (χ4v) is 2.08. The molecule has 18 heavy (non-hydrogen) atoms. The molecule has 0 N–H and O–H groups in total. The van der Waals surface area contributed by atoms with Crippen molar-refractivity contribution >= 4 is 21.2 Å². The summed E-state index contributed by atoms with van der Waals surface area (Å²) >= 11 is 0. The van der Waals surface area contributed by atoms with E-state index >= 15 is 0 Å². The van der Waals surface area contributed by atoms with E-state index in [0.29, 0.717) is 18.2 Å². The van der Waals surface area contributed by atoms with Crippen molar-refractivity contribution in [3.05, 3.63) is 12.2 Å². The van der Waals surface area contributed by atoms with Crippen LogP contribution in [-0.4, -0.2) is 48.2 Å². The van der Waals surface area contributed by atoms with E-state index in [1.165, 1.54) is 7.11 Å². The quantitative estimate of drug-likeness (QED) is 0.348. The third kappa shape index (κ3) is 7.99. The molecule has 0 heterocycles. The molecule has 0 bridgehead atoms. The van der Waals surface area contributed by atoms with Crippen LogP contribution in [0.4, 0.5) is 0 Å². The van der Waals surface area contributed by atoms with Gasteiger partial charge in [0.2, 0.25) is 0 Å². The SMILES string of the molecule is C=C(C)C(=O)OCC[SiH](OC)OC(=O)COCC. The normalized spacial score (nSPS) is 11.7. The Morgan fingerprint density at radius 1 is 1.33 bits per heavy atom. The van der Waals surface area contributed by atoms with Gasteiger partial charge in [0.05, 0.1) is 6.61 Å². The number of ether oxygens (including phenoxy) is 2. The molecule has 0 aromatic heterocycles. The molecule has 0 rings (SSSR count). The van der Waals surface area contributed by atoms with Gasteiger partial charge in [-0.05, 0) is 13.8 Å². The van der Waals surface area contributed by atoms with E-state index in [1.807, 2.05) is 0 Å². The summed E-state index contributed by atoms with van der Waals surface area (Å²) in [5.41, 5.74) is 0.332. The number of hydrogen-bond donors (Lipinski definition) is 0. The zero-order valence-corrected chi connectivity index (χ0v) is 12.2. The molecule has 0 spiro atoms. The van der Waals surface area contributed by atoms with Crippen LogP contribution in [-0.2, 0) is 27.9 Å². The van der Waals surface area contributed by atoms with E-state index in [4.69, 9.17) is 18.3 Å². The number of carbonyl (C=O) groups is 2. The van der Waals surface area contributed by atoms with Gasteiger partial charge in [-0.1, -0.05) is 6.58 Å². The van der Waals surface area contributed by atoms with Gasteiger partial charge in [0.1, 0.15) is 6.61 Å². The summed E-state index contributed by atoms with van der Waals surface area (Å²) in [6.07, 6.45) is 0. The summed E-state index contributed by atoms with van der Waals surface area (Å²) in [5.74, 6) is -0.916. The Hall–Kier alpha value is -1.18. The van der Waals surface area contributed by atoms with Crippen molar-refractivity contribution in [2.75, 3.05) is 26.9 Å². The Morgan fingerprint density at radius 3 is 2.50 bits per heavy atom. The molecule has 0 aliphatic rings. The Labute approximate surface area is 109 Å². The van der Waals surface area contributed by atoms with Gasteiger partial charge in [-0.25, -0.2) is 4.79 Å². The first-order chi connectivity index (χ1) is 8.51. The number of carbonyl (C=O) groups excluding carboxylic acids is 2. The second kappa shape index (κ2) is 9.81. The molecule has 0 aromatic carbocycles. The van der Waals surface area contributed by atoms with Crippen molar-refractivity contribution < 1.29 is 27.9 Å². The molecule has 1 unspecified atom stereocenters. The van der Waals surface area contributed by atoms with E-state index in [9.17, 15) is 9.59 Å². The summed E-state index contributed by atoms with van der Waals surface area (Å²) in [5, 5.41) is 0. The molecule has 6 nitrogen and oxygen atoms in total. The third-order valence-electron chi connectivity index (χ3n) is 1.88. The van der Waals surface area contributed by atoms with Crippen LogP contribution >= 0.6 is 0 Å². The lowest BCUT2D eigenvalue weighted by atomic mass is 10.4. The molecule has 7 heteroatoms. The van der Waals surface area contributed by atoms with Crippen molar-refractivity contribution in [3.63, 3.8) is 0 Å². The van der Waals surface area contributed by atoms with Crippen molar-refractivity contribution in [2.24, 2.45) is 0 Å². The Bertz CT molecular complexity index is 291. The van der Waals surface area contributed by atoms with Gasteiger partial charge in [0.15, 0.2) is 0 Å². The second-order valence-corrected chi connectivity index (χ2v) is 5.64. The highest BCUT2D eigenvalue weighted by molar-refractivity contribution is 6.46. The minimum atomic E-state index is -2.14. The second-order valence-electron chi connectivity index (χ2n) is 3.50. The minimum Gasteiger partial charge on any atom is -0.495 e. The zero-order valence-electron chi connectivity index (χ0n) is 11.1. The highest BCUT2D eigenvalue weighted by Crippen LogP contribution is 2.00. The fourth-order valence-electron chi connectivity index (χ4n) is 0.962. The van der Waals surface area contributed by atoms with E-state index in [2.05, 4.69) is 6.58 Å². The van der Waals surface area contributed by atoms with Gasteiger partial charge in [-0.3, -0.25) is 4.79 Å². The van der Waals surface area contributed by atoms with Crippen LogP contribution in [0.25, 0.3) is 0 Å². The van der Waals surface area contributed by atoms with E-state index in [1.54, 1.807) is 13.8 Å². The molecule has 0 radical (unpaired) electrons. The van der Waals surface area contributed by atoms with Crippen molar-refractivity contribution in [1.29, 1.82) is 0 Å². The van der Waals surface area contributed by atoms with Gasteiger partial charge in [-0.2, -0.15) is 0 Å². The monoisotopic (exact) mass is 276 g/mol. The molecule has 0 saturated heterocycles. The predicted molar refractivity (Wildman–Crippen MR) is 67.3 cm³/mol. The number of hydrogen-bond acceptors (Lipinski definition) is 6. The van der Waals surface area contributed by atoms with Gasteiger partial charge in [0, 0.05) is 25.3 Å². The molecule has 0 fully saturated rings. The average molecular weight is 276 g/mol. The Balaban J connectivity index is 3.86. The highest BCUT2D eigenvalue weighted by Gasteiger charge is 2.18. The maximum atomic E-state index is 11.3. The van der Waals surface area contributed by atoms with Gasteiger partial charge < -0.3 is 18.3 Å². The van der Waals surface area contributed by atoms with Crippen molar-refractivity contribution in [1.82, 2.24) is 0 Å². The third-order valence-corrected chi connectivity index (χ3v) is 3.64. The molecule has 0 aliphatic carbocycles. The van der Waals surface area contributed by atoms with Crippen molar-refractivity contribution in [2.45, 2.75) is 19.9 Å². The van der Waals surface area contributed by atoms with Crippen LogP contribution < -0.4 is 0 Å². The fraction of sp³-hybridized carbons (Fsp3) is 0.636. The number of esters is 1. The maximum absolute atomic E-state index is 11.3. The minimum absolute atomic E-state index is 0.0884. The highest BCUT2D eigenvalue weighted by atomic mass is 28.3. The smallest absolute Gasteiger partial charge is 0.388 e. The molecule has 1 atom stereocenters. The molecule has 0 saturated carbocycles. The van der Waals surface area contributed by atoms with Gasteiger partial charge in [0.25, 0.3) is 0 Å². The average Bonchev–Trinajstić information content (AvgIpc) is 2.34. The molecular weight excluding hydrogens is 256 g/mol. The molecular formula is C11H20O6Si. The standard InChI is InChI=1S/C11H20O6Si/c1-5-15-8-10(12)17-18(14-4)7-6-16-11(13)9(2)3/h18H,2,5-8H2,1,3-4H3. The van der Waals surface area contributed by atoms with Crippen LogP contribution in [0.1, 0.15) is 13.8 Å². The van der Waals surface area contributed by atoms with Gasteiger partial charge >= 0.3 is 21.2 Å².